The lowest BCUT2D eigenvalue weighted by molar-refractivity contribution is -0.268. The predicted molar refractivity (Wildman–Crippen MR) is 163 cm³/mol. The Morgan fingerprint density at radius 3 is 2.51 bits per heavy atom. The molecule has 5 atom stereocenters. The summed E-state index contributed by atoms with van der Waals surface area (Å²) in [6.07, 6.45) is -6.05. The molecule has 3 aromatic rings. The van der Waals surface area contributed by atoms with Gasteiger partial charge in [0.1, 0.15) is 11.8 Å². The number of anilines is 1. The van der Waals surface area contributed by atoms with Crippen LogP contribution in [0.5, 0.6) is 5.75 Å². The first-order chi connectivity index (χ1) is 21.6. The van der Waals surface area contributed by atoms with E-state index in [4.69, 9.17) is 14.2 Å². The first kappa shape index (κ1) is 32.8. The molecule has 8 nitrogen and oxygen atoms in total. The minimum Gasteiger partial charge on any atom is -0.496 e. The quantitative estimate of drug-likeness (QED) is 0.266. The molecule has 0 saturated carbocycles. The number of benzene rings is 3. The molecule has 2 heterocycles. The molecular weight excluding hydrogens is 609 g/mol. The zero-order chi connectivity index (χ0) is 32.1. The molecule has 2 saturated heterocycles. The fourth-order valence-electron chi connectivity index (χ4n) is 5.65. The van der Waals surface area contributed by atoms with Crippen molar-refractivity contribution in [1.82, 2.24) is 4.90 Å². The summed E-state index contributed by atoms with van der Waals surface area (Å²) >= 11 is 1.60. The molecule has 2 amide bonds. The maximum absolute atomic E-state index is 13.1. The minimum atomic E-state index is -5.05. The van der Waals surface area contributed by atoms with Gasteiger partial charge in [0.25, 0.3) is 0 Å². The van der Waals surface area contributed by atoms with Gasteiger partial charge in [0.15, 0.2) is 6.29 Å². The van der Waals surface area contributed by atoms with Gasteiger partial charge >= 0.3 is 12.1 Å². The molecule has 0 bridgehead atoms. The fourth-order valence-corrected chi connectivity index (χ4v) is 6.85. The molecule has 2 aliphatic heterocycles. The van der Waals surface area contributed by atoms with Crippen LogP contribution in [-0.4, -0.2) is 59.6 Å². The van der Waals surface area contributed by atoms with Crippen molar-refractivity contribution in [3.63, 3.8) is 0 Å². The standard InChI is InChI=1S/C33H35F3N2O6S/c1-20-27(19-45-28-11-4-3-10-26(28)42-2)43-31(44-29(20)22-14-12-21(18-39)13-15-22)23-7-5-8-24(17-23)37-30(40)25-9-6-16-38(25)32(41)33(34,35)36/h3-5,7-8,10-15,17,20,25,27,29,31,39H,6,9,16,18-19H2,1-2H3,(H,37,40)/t20-,25+,27+,29+,31+/m1/s1. The van der Waals surface area contributed by atoms with Crippen molar-refractivity contribution >= 4 is 29.3 Å². The number of para-hydroxylation sites is 1. The molecule has 3 aromatic carbocycles. The minimum absolute atomic E-state index is 0.0640. The van der Waals surface area contributed by atoms with E-state index in [0.29, 0.717) is 28.3 Å². The summed E-state index contributed by atoms with van der Waals surface area (Å²) in [6, 6.07) is 20.8. The molecule has 0 unspecified atom stereocenters. The zero-order valence-corrected chi connectivity index (χ0v) is 25.6. The number of aliphatic hydroxyl groups is 1. The number of ether oxygens (including phenoxy) is 3. The van der Waals surface area contributed by atoms with Crippen molar-refractivity contribution in [3.8, 4) is 5.75 Å². The van der Waals surface area contributed by atoms with E-state index in [0.717, 1.165) is 21.8 Å². The molecule has 0 aliphatic carbocycles. The number of alkyl halides is 3. The van der Waals surface area contributed by atoms with Crippen molar-refractivity contribution in [2.24, 2.45) is 5.92 Å². The third kappa shape index (κ3) is 7.63. The molecule has 0 aromatic heterocycles. The summed E-state index contributed by atoms with van der Waals surface area (Å²) in [5, 5.41) is 12.2. The van der Waals surface area contributed by atoms with Crippen LogP contribution in [0.3, 0.4) is 0 Å². The Labute approximate surface area is 263 Å². The monoisotopic (exact) mass is 644 g/mol. The van der Waals surface area contributed by atoms with E-state index in [-0.39, 0.29) is 37.7 Å². The van der Waals surface area contributed by atoms with E-state index in [2.05, 4.69) is 12.2 Å². The zero-order valence-electron chi connectivity index (χ0n) is 24.8. The smallest absolute Gasteiger partial charge is 0.471 e. The topological polar surface area (TPSA) is 97.3 Å². The van der Waals surface area contributed by atoms with Gasteiger partial charge in [-0.05, 0) is 48.2 Å². The van der Waals surface area contributed by atoms with Gasteiger partial charge in [-0.1, -0.05) is 55.5 Å². The SMILES string of the molecule is COc1ccccc1SC[C@@H]1O[C@H](c2cccc(NC(=O)[C@@H]3CCCN3C(=O)C(F)(F)F)c2)O[C@H](c2ccc(CO)cc2)[C@@H]1C. The summed E-state index contributed by atoms with van der Waals surface area (Å²) in [6.45, 7) is 1.85. The van der Waals surface area contributed by atoms with Crippen molar-refractivity contribution in [2.45, 2.75) is 62.0 Å². The lowest BCUT2D eigenvalue weighted by Crippen LogP contribution is -2.48. The van der Waals surface area contributed by atoms with Gasteiger partial charge in [-0.15, -0.1) is 11.8 Å². The van der Waals surface area contributed by atoms with Crippen LogP contribution in [0.25, 0.3) is 0 Å². The van der Waals surface area contributed by atoms with E-state index >= 15 is 0 Å². The predicted octanol–water partition coefficient (Wildman–Crippen LogP) is 6.26. The maximum Gasteiger partial charge on any atom is 0.471 e. The second-order valence-corrected chi connectivity index (χ2v) is 12.1. The second kappa shape index (κ2) is 14.2. The van der Waals surface area contributed by atoms with E-state index in [1.807, 2.05) is 48.5 Å². The normalized spacial score (nSPS) is 23.5. The van der Waals surface area contributed by atoms with E-state index in [1.54, 1.807) is 43.1 Å². The average molecular weight is 645 g/mol. The van der Waals surface area contributed by atoms with Crippen LogP contribution >= 0.6 is 11.8 Å². The van der Waals surface area contributed by atoms with Crippen LogP contribution in [0.15, 0.2) is 77.7 Å². The van der Waals surface area contributed by atoms with E-state index in [1.165, 1.54) is 0 Å². The first-order valence-corrected chi connectivity index (χ1v) is 15.6. The molecule has 240 valence electrons. The Balaban J connectivity index is 1.36. The highest BCUT2D eigenvalue weighted by molar-refractivity contribution is 7.99. The number of aliphatic hydroxyl groups excluding tert-OH is 1. The molecule has 12 heteroatoms. The number of methoxy groups -OCH3 is 1. The number of carbonyl (C=O) groups excluding carboxylic acids is 2. The van der Waals surface area contributed by atoms with Crippen LogP contribution in [-0.2, 0) is 25.7 Å². The highest BCUT2D eigenvalue weighted by Crippen LogP contribution is 2.44. The third-order valence-electron chi connectivity index (χ3n) is 8.08. The molecule has 2 fully saturated rings. The Kier molecular flexibility index (Phi) is 10.4. The number of rotatable bonds is 9. The Morgan fingerprint density at radius 1 is 1.04 bits per heavy atom. The highest BCUT2D eigenvalue weighted by Gasteiger charge is 2.47. The highest BCUT2D eigenvalue weighted by atomic mass is 32.2. The number of hydrogen-bond donors (Lipinski definition) is 2. The van der Waals surface area contributed by atoms with Gasteiger partial charge in [-0.3, -0.25) is 9.59 Å². The number of halogens is 3. The van der Waals surface area contributed by atoms with Crippen molar-refractivity contribution in [3.05, 3.63) is 89.5 Å². The van der Waals surface area contributed by atoms with Crippen LogP contribution in [0.2, 0.25) is 0 Å². The van der Waals surface area contributed by atoms with Gasteiger partial charge in [0.2, 0.25) is 5.91 Å². The summed E-state index contributed by atoms with van der Waals surface area (Å²) in [5.74, 6) is -1.41. The molecular formula is C33H35F3N2O6S. The summed E-state index contributed by atoms with van der Waals surface area (Å²) < 4.78 is 57.8. The average Bonchev–Trinajstić information content (AvgIpc) is 3.54. The van der Waals surface area contributed by atoms with Gasteiger partial charge < -0.3 is 29.5 Å². The van der Waals surface area contributed by atoms with Gasteiger partial charge in [-0.25, -0.2) is 0 Å². The number of nitrogens with one attached hydrogen (secondary N) is 1. The van der Waals surface area contributed by atoms with Crippen molar-refractivity contribution < 1.29 is 42.1 Å². The Hall–Kier alpha value is -3.58. The van der Waals surface area contributed by atoms with E-state index < -0.39 is 30.3 Å². The second-order valence-electron chi connectivity index (χ2n) is 11.1. The molecule has 2 aliphatic rings. The number of thioether (sulfide) groups is 1. The van der Waals surface area contributed by atoms with Crippen molar-refractivity contribution in [2.75, 3.05) is 24.7 Å². The molecule has 45 heavy (non-hydrogen) atoms. The lowest BCUT2D eigenvalue weighted by atomic mass is 9.91. The summed E-state index contributed by atoms with van der Waals surface area (Å²) in [7, 11) is 1.62. The van der Waals surface area contributed by atoms with Crippen LogP contribution in [0, 0.1) is 5.92 Å². The third-order valence-corrected chi connectivity index (χ3v) is 9.22. The Morgan fingerprint density at radius 2 is 1.80 bits per heavy atom. The van der Waals surface area contributed by atoms with Crippen LogP contribution in [0.1, 0.15) is 48.8 Å². The number of likely N-dealkylation sites (tertiary alicyclic amines) is 1. The maximum atomic E-state index is 13.1. The lowest BCUT2D eigenvalue weighted by Gasteiger charge is -2.41. The number of hydrogen-bond acceptors (Lipinski definition) is 7. The molecule has 5 rings (SSSR count). The largest absolute Gasteiger partial charge is 0.496 e. The van der Waals surface area contributed by atoms with E-state index in [9.17, 15) is 27.9 Å². The number of amides is 2. The van der Waals surface area contributed by atoms with Crippen molar-refractivity contribution in [1.29, 1.82) is 0 Å². The fraction of sp³-hybridized carbons (Fsp3) is 0.394. The first-order valence-electron chi connectivity index (χ1n) is 14.6. The molecule has 2 N–H and O–H groups in total. The van der Waals surface area contributed by atoms with Gasteiger partial charge in [-0.2, -0.15) is 13.2 Å². The van der Waals surface area contributed by atoms with Crippen LogP contribution < -0.4 is 10.1 Å². The number of carbonyl (C=O) groups is 2. The summed E-state index contributed by atoms with van der Waals surface area (Å²) in [5.41, 5.74) is 2.65. The molecule has 0 spiro atoms. The van der Waals surface area contributed by atoms with Crippen LogP contribution in [0.4, 0.5) is 18.9 Å². The van der Waals surface area contributed by atoms with Gasteiger partial charge in [0, 0.05) is 34.4 Å². The summed E-state index contributed by atoms with van der Waals surface area (Å²) in [4.78, 5) is 26.5. The number of nitrogens with zero attached hydrogens (tertiary/aromatic N) is 1. The molecule has 0 radical (unpaired) electrons. The Bertz CT molecular complexity index is 1490. The van der Waals surface area contributed by atoms with Gasteiger partial charge in [0.05, 0.1) is 25.9 Å².